The number of nitrogens with zero attached hydrogens (tertiary/aromatic N) is 1. The Balaban J connectivity index is 1.70. The molecule has 0 aliphatic carbocycles. The third-order valence-electron chi connectivity index (χ3n) is 3.66. The Morgan fingerprint density at radius 1 is 1.08 bits per heavy atom. The monoisotopic (exact) mass is 319 g/mol. The normalized spacial score (nSPS) is 15.6. The van der Waals surface area contributed by atoms with Crippen molar-refractivity contribution in [2.75, 3.05) is 7.11 Å². The number of carbonyl (C=O) groups is 1. The van der Waals surface area contributed by atoms with Gasteiger partial charge in [-0.1, -0.05) is 24.3 Å². The molecule has 1 aliphatic rings. The van der Waals surface area contributed by atoms with Crippen molar-refractivity contribution in [1.82, 2.24) is 0 Å². The maximum absolute atomic E-state index is 12.1. The number of benzene rings is 2. The molecule has 0 fully saturated rings. The molecule has 5 nitrogen and oxygen atoms in total. The first-order chi connectivity index (χ1) is 11.7. The van der Waals surface area contributed by atoms with Gasteiger partial charge in [-0.15, -0.1) is 0 Å². The predicted molar refractivity (Wildman–Crippen MR) is 89.8 cm³/mol. The molecule has 4 rings (SSSR count). The zero-order valence-electron chi connectivity index (χ0n) is 12.9. The molecule has 0 saturated heterocycles. The van der Waals surface area contributed by atoms with Crippen LogP contribution in [0.25, 0.3) is 17.0 Å². The lowest BCUT2D eigenvalue weighted by molar-refractivity contribution is -0.129. The van der Waals surface area contributed by atoms with Gasteiger partial charge in [-0.3, -0.25) is 0 Å². The van der Waals surface area contributed by atoms with Gasteiger partial charge < -0.3 is 13.9 Å². The largest absolute Gasteiger partial charge is 0.497 e. The van der Waals surface area contributed by atoms with Crippen molar-refractivity contribution in [2.45, 2.75) is 0 Å². The fourth-order valence-electron chi connectivity index (χ4n) is 2.50. The molecule has 0 radical (unpaired) electrons. The number of cyclic esters (lactones) is 1. The van der Waals surface area contributed by atoms with Crippen molar-refractivity contribution in [3.05, 3.63) is 71.6 Å². The maximum atomic E-state index is 12.1. The summed E-state index contributed by atoms with van der Waals surface area (Å²) in [7, 11) is 1.58. The van der Waals surface area contributed by atoms with Gasteiger partial charge in [0.2, 0.25) is 5.90 Å². The van der Waals surface area contributed by atoms with Gasteiger partial charge in [-0.2, -0.15) is 0 Å². The SMILES string of the molecule is COc1cccc(C2=N/C(=C\c3cc4ccccc4o3)C(=O)O2)c1. The standard InChI is InChI=1S/C19H13NO4/c1-22-14-7-4-6-13(10-14)18-20-16(19(21)24-18)11-15-9-12-5-2-3-8-17(12)23-15/h2-11H,1H3/b16-11-. The molecule has 2 aromatic carbocycles. The number of para-hydroxylation sites is 1. The van der Waals surface area contributed by atoms with Crippen LogP contribution in [0.5, 0.6) is 5.75 Å². The predicted octanol–water partition coefficient (Wildman–Crippen LogP) is 3.79. The first kappa shape index (κ1) is 14.3. The van der Waals surface area contributed by atoms with E-state index in [-0.39, 0.29) is 11.6 Å². The molecule has 0 atom stereocenters. The van der Waals surface area contributed by atoms with Gasteiger partial charge >= 0.3 is 5.97 Å². The van der Waals surface area contributed by atoms with Gasteiger partial charge in [0.25, 0.3) is 0 Å². The van der Waals surface area contributed by atoms with E-state index < -0.39 is 5.97 Å². The van der Waals surface area contributed by atoms with E-state index in [1.165, 1.54) is 0 Å². The number of furan rings is 1. The van der Waals surface area contributed by atoms with Crippen molar-refractivity contribution >= 4 is 28.9 Å². The number of rotatable bonds is 3. The molecule has 24 heavy (non-hydrogen) atoms. The lowest BCUT2D eigenvalue weighted by Gasteiger charge is -2.02. The highest BCUT2D eigenvalue weighted by Crippen LogP contribution is 2.24. The molecular weight excluding hydrogens is 306 g/mol. The lowest BCUT2D eigenvalue weighted by atomic mass is 10.2. The third kappa shape index (κ3) is 2.56. The molecule has 0 N–H and O–H groups in total. The minimum Gasteiger partial charge on any atom is -0.497 e. The molecule has 3 aromatic rings. The number of hydrogen-bond donors (Lipinski definition) is 0. The lowest BCUT2D eigenvalue weighted by Crippen LogP contribution is -2.05. The number of methoxy groups -OCH3 is 1. The van der Waals surface area contributed by atoms with E-state index in [2.05, 4.69) is 4.99 Å². The molecule has 2 heterocycles. The zero-order chi connectivity index (χ0) is 16.5. The molecule has 1 aliphatic heterocycles. The number of carbonyl (C=O) groups excluding carboxylic acids is 1. The summed E-state index contributed by atoms with van der Waals surface area (Å²) in [5.74, 6) is 0.967. The van der Waals surface area contributed by atoms with E-state index in [4.69, 9.17) is 13.9 Å². The zero-order valence-corrected chi connectivity index (χ0v) is 12.9. The first-order valence-corrected chi connectivity index (χ1v) is 7.38. The van der Waals surface area contributed by atoms with E-state index in [0.29, 0.717) is 17.1 Å². The van der Waals surface area contributed by atoms with Gasteiger partial charge in [-0.05, 0) is 30.3 Å². The Hall–Kier alpha value is -3.34. The summed E-state index contributed by atoms with van der Waals surface area (Å²) in [4.78, 5) is 16.3. The minimum atomic E-state index is -0.506. The Kier molecular flexibility index (Phi) is 3.39. The van der Waals surface area contributed by atoms with Crippen LogP contribution in [0.4, 0.5) is 0 Å². The van der Waals surface area contributed by atoms with Crippen molar-refractivity contribution < 1.29 is 18.7 Å². The van der Waals surface area contributed by atoms with Crippen LogP contribution in [0.3, 0.4) is 0 Å². The number of esters is 1. The summed E-state index contributed by atoms with van der Waals surface area (Å²) >= 11 is 0. The van der Waals surface area contributed by atoms with Crippen molar-refractivity contribution in [1.29, 1.82) is 0 Å². The van der Waals surface area contributed by atoms with E-state index in [1.807, 2.05) is 42.5 Å². The number of aliphatic imine (C=N–C) groups is 1. The summed E-state index contributed by atoms with van der Waals surface area (Å²) in [6, 6.07) is 16.7. The fourth-order valence-corrected chi connectivity index (χ4v) is 2.50. The Bertz CT molecular complexity index is 964. The average Bonchev–Trinajstić information content (AvgIpc) is 3.18. The maximum Gasteiger partial charge on any atom is 0.363 e. The van der Waals surface area contributed by atoms with Crippen LogP contribution >= 0.6 is 0 Å². The van der Waals surface area contributed by atoms with Gasteiger partial charge in [-0.25, -0.2) is 9.79 Å². The Morgan fingerprint density at radius 3 is 2.79 bits per heavy atom. The van der Waals surface area contributed by atoms with Crippen LogP contribution in [0.2, 0.25) is 0 Å². The van der Waals surface area contributed by atoms with E-state index in [9.17, 15) is 4.79 Å². The van der Waals surface area contributed by atoms with Crippen molar-refractivity contribution in [3.63, 3.8) is 0 Å². The van der Waals surface area contributed by atoms with Crippen LogP contribution < -0.4 is 4.74 Å². The second-order valence-electron chi connectivity index (χ2n) is 5.25. The summed E-state index contributed by atoms with van der Waals surface area (Å²) in [5.41, 5.74) is 1.63. The second kappa shape index (κ2) is 5.70. The molecule has 5 heteroatoms. The van der Waals surface area contributed by atoms with Crippen LogP contribution in [0.15, 0.2) is 69.7 Å². The van der Waals surface area contributed by atoms with Crippen molar-refractivity contribution in [3.8, 4) is 5.75 Å². The first-order valence-electron chi connectivity index (χ1n) is 7.38. The Morgan fingerprint density at radius 2 is 1.96 bits per heavy atom. The van der Waals surface area contributed by atoms with Crippen LogP contribution in [-0.2, 0) is 9.53 Å². The van der Waals surface area contributed by atoms with E-state index in [0.717, 1.165) is 11.0 Å². The number of fused-ring (bicyclic) bond motifs is 1. The summed E-state index contributed by atoms with van der Waals surface area (Å²) in [6.45, 7) is 0. The van der Waals surface area contributed by atoms with Crippen LogP contribution in [-0.4, -0.2) is 19.0 Å². The van der Waals surface area contributed by atoms with Gasteiger partial charge in [0, 0.05) is 17.0 Å². The Labute approximate surface area is 137 Å². The summed E-state index contributed by atoms with van der Waals surface area (Å²) < 4.78 is 16.1. The quantitative estimate of drug-likeness (QED) is 0.544. The highest BCUT2D eigenvalue weighted by molar-refractivity contribution is 6.13. The van der Waals surface area contributed by atoms with Gasteiger partial charge in [0.05, 0.1) is 7.11 Å². The molecule has 118 valence electrons. The minimum absolute atomic E-state index is 0.201. The third-order valence-corrected chi connectivity index (χ3v) is 3.66. The number of hydrogen-bond acceptors (Lipinski definition) is 5. The van der Waals surface area contributed by atoms with Crippen LogP contribution in [0, 0.1) is 0 Å². The fraction of sp³-hybridized carbons (Fsp3) is 0.0526. The van der Waals surface area contributed by atoms with Gasteiger partial charge in [0.15, 0.2) is 5.70 Å². The smallest absolute Gasteiger partial charge is 0.363 e. The molecule has 0 saturated carbocycles. The molecule has 0 unspecified atom stereocenters. The van der Waals surface area contributed by atoms with Crippen LogP contribution in [0.1, 0.15) is 11.3 Å². The van der Waals surface area contributed by atoms with E-state index >= 15 is 0 Å². The number of ether oxygens (including phenoxy) is 2. The highest BCUT2D eigenvalue weighted by atomic mass is 16.6. The van der Waals surface area contributed by atoms with E-state index in [1.54, 1.807) is 25.3 Å². The highest BCUT2D eigenvalue weighted by Gasteiger charge is 2.24. The summed E-state index contributed by atoms with van der Waals surface area (Å²) in [5, 5.41) is 0.965. The molecule has 1 aromatic heterocycles. The topological polar surface area (TPSA) is 61.0 Å². The molecule has 0 bridgehead atoms. The second-order valence-corrected chi connectivity index (χ2v) is 5.25. The van der Waals surface area contributed by atoms with Gasteiger partial charge in [0.1, 0.15) is 17.1 Å². The van der Waals surface area contributed by atoms with Crippen molar-refractivity contribution in [2.24, 2.45) is 4.99 Å². The average molecular weight is 319 g/mol. The summed E-state index contributed by atoms with van der Waals surface area (Å²) in [6.07, 6.45) is 1.58. The molecule has 0 spiro atoms. The molecule has 0 amide bonds. The molecular formula is C19H13NO4.